The van der Waals surface area contributed by atoms with Gasteiger partial charge >= 0.3 is 0 Å². The molecule has 2 aliphatic heterocycles. The standard InChI is InChI=1S/C27H30O16/c1-8-17(32)20(35)22(37)26(40-8)39-7-15-18(33)21(36)23(38)27(42-15)43-25-19(34)16-13(31)5-10(28)6-14(16)41-24(25)9-2-3-11(29)12(30)4-9/h2-6,8,15,17-18,20-23,26-33,35-38H,7H2,1H3/t8-,15+,17-,18-,20+,21+,22+,23+,26-,27+/m1/s1. The van der Waals surface area contributed by atoms with E-state index in [0.717, 1.165) is 24.3 Å². The predicted molar refractivity (Wildman–Crippen MR) is 140 cm³/mol. The lowest BCUT2D eigenvalue weighted by molar-refractivity contribution is -0.318. The first kappa shape index (κ1) is 30.7. The Bertz CT molecular complexity index is 1540. The minimum absolute atomic E-state index is 0.0313. The highest BCUT2D eigenvalue weighted by Gasteiger charge is 2.47. The maximum absolute atomic E-state index is 13.6. The molecule has 2 saturated heterocycles. The molecule has 10 atom stereocenters. The number of aliphatic hydroxyl groups is 6. The number of aromatic hydroxyl groups is 4. The van der Waals surface area contributed by atoms with Gasteiger partial charge in [-0.2, -0.15) is 0 Å². The quantitative estimate of drug-likeness (QED) is 0.140. The summed E-state index contributed by atoms with van der Waals surface area (Å²) in [6, 6.07) is 5.24. The molecule has 1 aromatic heterocycles. The maximum atomic E-state index is 13.6. The minimum atomic E-state index is -1.97. The number of hydrogen-bond acceptors (Lipinski definition) is 16. The molecule has 16 heteroatoms. The van der Waals surface area contributed by atoms with Crippen molar-refractivity contribution in [2.24, 2.45) is 0 Å². The first-order valence-corrected chi connectivity index (χ1v) is 13.0. The van der Waals surface area contributed by atoms with Gasteiger partial charge in [0.1, 0.15) is 65.2 Å². The minimum Gasteiger partial charge on any atom is -0.508 e. The van der Waals surface area contributed by atoms with Crippen molar-refractivity contribution in [1.82, 2.24) is 0 Å². The Morgan fingerprint density at radius 1 is 0.744 bits per heavy atom. The molecule has 5 rings (SSSR count). The number of aliphatic hydroxyl groups excluding tert-OH is 6. The van der Waals surface area contributed by atoms with Gasteiger partial charge in [0.2, 0.25) is 17.5 Å². The van der Waals surface area contributed by atoms with E-state index in [9.17, 15) is 55.9 Å². The van der Waals surface area contributed by atoms with Crippen molar-refractivity contribution in [1.29, 1.82) is 0 Å². The normalized spacial score (nSPS) is 33.0. The molecule has 2 aromatic carbocycles. The number of phenolic OH excluding ortho intramolecular Hbond substituents is 4. The Morgan fingerprint density at radius 2 is 1.42 bits per heavy atom. The summed E-state index contributed by atoms with van der Waals surface area (Å²) in [4.78, 5) is 13.6. The Hall–Kier alpha value is -3.71. The fourth-order valence-corrected chi connectivity index (χ4v) is 4.84. The van der Waals surface area contributed by atoms with Crippen LogP contribution in [0.25, 0.3) is 22.3 Å². The molecule has 0 unspecified atom stereocenters. The maximum Gasteiger partial charge on any atom is 0.239 e. The zero-order valence-corrected chi connectivity index (χ0v) is 22.3. The van der Waals surface area contributed by atoms with Crippen LogP contribution >= 0.6 is 0 Å². The summed E-state index contributed by atoms with van der Waals surface area (Å²) >= 11 is 0. The molecule has 0 amide bonds. The topological polar surface area (TPSA) is 269 Å². The van der Waals surface area contributed by atoms with Crippen LogP contribution in [-0.4, -0.2) is 119 Å². The van der Waals surface area contributed by atoms with Gasteiger partial charge in [-0.3, -0.25) is 4.79 Å². The molecule has 0 radical (unpaired) electrons. The van der Waals surface area contributed by atoms with Crippen molar-refractivity contribution in [2.75, 3.05) is 6.61 Å². The van der Waals surface area contributed by atoms with Gasteiger partial charge in [-0.1, -0.05) is 0 Å². The van der Waals surface area contributed by atoms with Crippen LogP contribution in [0, 0.1) is 0 Å². The molecule has 2 aliphatic rings. The summed E-state index contributed by atoms with van der Waals surface area (Å²) in [5.74, 6) is -3.33. The van der Waals surface area contributed by atoms with Crippen LogP contribution in [0.15, 0.2) is 39.5 Å². The molecule has 43 heavy (non-hydrogen) atoms. The van der Waals surface area contributed by atoms with E-state index in [2.05, 4.69) is 0 Å². The molecule has 10 N–H and O–H groups in total. The third kappa shape index (κ3) is 5.67. The molecule has 234 valence electrons. The van der Waals surface area contributed by atoms with E-state index < -0.39 is 113 Å². The highest BCUT2D eigenvalue weighted by molar-refractivity contribution is 5.88. The molecular weight excluding hydrogens is 580 g/mol. The van der Waals surface area contributed by atoms with Crippen molar-refractivity contribution >= 4 is 11.0 Å². The average molecular weight is 611 g/mol. The molecule has 0 bridgehead atoms. The smallest absolute Gasteiger partial charge is 0.239 e. The summed E-state index contributed by atoms with van der Waals surface area (Å²) in [5.41, 5.74) is -1.35. The number of phenols is 4. The van der Waals surface area contributed by atoms with Crippen LogP contribution in [0.3, 0.4) is 0 Å². The summed E-state index contributed by atoms with van der Waals surface area (Å²) in [6.07, 6.45) is -16.2. The van der Waals surface area contributed by atoms with Gasteiger partial charge < -0.3 is 74.4 Å². The zero-order valence-electron chi connectivity index (χ0n) is 22.3. The SMILES string of the molecule is C[C@H]1O[C@@H](OC[C@@H]2O[C@@H](Oc3c(-c4ccc(O)c(O)c4)oc4cc(O)cc(O)c4c3=O)[C@@H](O)[C@@H](O)[C@@H]2O)[C@@H](O)[C@@H](O)[C@@H]1O. The van der Waals surface area contributed by atoms with E-state index in [0.29, 0.717) is 0 Å². The Morgan fingerprint density at radius 3 is 2.12 bits per heavy atom. The van der Waals surface area contributed by atoms with Crippen LogP contribution in [0.5, 0.6) is 28.7 Å². The number of rotatable bonds is 6. The highest BCUT2D eigenvalue weighted by atomic mass is 16.7. The van der Waals surface area contributed by atoms with E-state index >= 15 is 0 Å². The highest BCUT2D eigenvalue weighted by Crippen LogP contribution is 2.39. The molecule has 0 aliphatic carbocycles. The van der Waals surface area contributed by atoms with Crippen molar-refractivity contribution in [3.63, 3.8) is 0 Å². The number of fused-ring (bicyclic) bond motifs is 1. The second-order valence-corrected chi connectivity index (χ2v) is 10.3. The molecule has 16 nitrogen and oxygen atoms in total. The second-order valence-electron chi connectivity index (χ2n) is 10.3. The molecule has 0 spiro atoms. The molecule has 3 heterocycles. The number of benzene rings is 2. The van der Waals surface area contributed by atoms with Gasteiger partial charge in [0.15, 0.2) is 23.5 Å². The average Bonchev–Trinajstić information content (AvgIpc) is 2.96. The molecular formula is C27H30O16. The zero-order chi connectivity index (χ0) is 31.3. The first-order valence-electron chi connectivity index (χ1n) is 13.0. The van der Waals surface area contributed by atoms with Gasteiger partial charge in [0.05, 0.1) is 12.7 Å². The van der Waals surface area contributed by atoms with E-state index in [4.69, 9.17) is 23.4 Å². The van der Waals surface area contributed by atoms with Crippen molar-refractivity contribution in [2.45, 2.75) is 68.3 Å². The van der Waals surface area contributed by atoms with Crippen LogP contribution in [0.1, 0.15) is 6.92 Å². The summed E-state index contributed by atoms with van der Waals surface area (Å²) in [7, 11) is 0. The van der Waals surface area contributed by atoms with Crippen molar-refractivity contribution in [3.8, 4) is 40.1 Å². The van der Waals surface area contributed by atoms with Crippen LogP contribution in [-0.2, 0) is 14.2 Å². The van der Waals surface area contributed by atoms with Gasteiger partial charge in [-0.05, 0) is 25.1 Å². The Balaban J connectivity index is 1.48. The van der Waals surface area contributed by atoms with Crippen LogP contribution in [0.2, 0.25) is 0 Å². The van der Waals surface area contributed by atoms with E-state index in [1.165, 1.54) is 13.0 Å². The van der Waals surface area contributed by atoms with Crippen LogP contribution < -0.4 is 10.2 Å². The number of hydrogen-bond donors (Lipinski definition) is 10. The van der Waals surface area contributed by atoms with Gasteiger partial charge in [0, 0.05) is 17.7 Å². The fourth-order valence-electron chi connectivity index (χ4n) is 4.84. The third-order valence-corrected chi connectivity index (χ3v) is 7.29. The largest absolute Gasteiger partial charge is 0.508 e. The van der Waals surface area contributed by atoms with E-state index in [-0.39, 0.29) is 11.1 Å². The van der Waals surface area contributed by atoms with Gasteiger partial charge in [-0.15, -0.1) is 0 Å². The van der Waals surface area contributed by atoms with Crippen molar-refractivity contribution in [3.05, 3.63) is 40.6 Å². The Labute approximate surface area is 241 Å². The van der Waals surface area contributed by atoms with Gasteiger partial charge in [0.25, 0.3) is 0 Å². The van der Waals surface area contributed by atoms with E-state index in [1.807, 2.05) is 0 Å². The molecule has 0 saturated carbocycles. The van der Waals surface area contributed by atoms with Crippen LogP contribution in [0.4, 0.5) is 0 Å². The summed E-state index contributed by atoms with van der Waals surface area (Å²) < 4.78 is 27.8. The summed E-state index contributed by atoms with van der Waals surface area (Å²) in [6.45, 7) is 0.818. The monoisotopic (exact) mass is 610 g/mol. The Kier molecular flexibility index (Phi) is 8.41. The van der Waals surface area contributed by atoms with E-state index in [1.54, 1.807) is 0 Å². The molecule has 2 fully saturated rings. The lowest BCUT2D eigenvalue weighted by Gasteiger charge is -2.42. The second kappa shape index (κ2) is 11.8. The van der Waals surface area contributed by atoms with Gasteiger partial charge in [-0.25, -0.2) is 0 Å². The van der Waals surface area contributed by atoms with Crippen molar-refractivity contribution < 1.29 is 74.4 Å². The fraction of sp³-hybridized carbons (Fsp3) is 0.444. The first-order chi connectivity index (χ1) is 20.3. The molecule has 3 aromatic rings. The predicted octanol–water partition coefficient (Wildman–Crippen LogP) is -1.69. The lowest BCUT2D eigenvalue weighted by atomic mass is 9.98. The lowest BCUT2D eigenvalue weighted by Crippen LogP contribution is -2.61. The third-order valence-electron chi connectivity index (χ3n) is 7.29. The number of ether oxygens (including phenoxy) is 4. The summed E-state index contributed by atoms with van der Waals surface area (Å²) in [5, 5.41) is 101.